The Morgan fingerprint density at radius 3 is 2.64 bits per heavy atom. The SMILES string of the molecule is Cc1cc(-c2cccc3cc(C(C)Nc4ncnc5scnc45)n(-c4ccccc4)c(=O)c23)ccn1. The van der Waals surface area contributed by atoms with Gasteiger partial charge in [0.25, 0.3) is 5.56 Å². The lowest BCUT2D eigenvalue weighted by molar-refractivity contribution is 0.774. The van der Waals surface area contributed by atoms with Crippen molar-refractivity contribution in [2.75, 3.05) is 5.32 Å². The number of thiazole rings is 1. The summed E-state index contributed by atoms with van der Waals surface area (Å²) in [6.45, 7) is 3.98. The van der Waals surface area contributed by atoms with Gasteiger partial charge in [-0.1, -0.05) is 36.4 Å². The molecule has 6 rings (SSSR count). The Kier molecular flexibility index (Phi) is 5.50. The minimum Gasteiger partial charge on any atom is -0.360 e. The molecule has 0 spiro atoms. The Hall–Kier alpha value is -4.43. The fourth-order valence-corrected chi connectivity index (χ4v) is 5.20. The zero-order valence-corrected chi connectivity index (χ0v) is 20.5. The molecule has 4 heterocycles. The average molecular weight is 491 g/mol. The number of nitrogens with one attached hydrogen (secondary N) is 1. The van der Waals surface area contributed by atoms with Gasteiger partial charge >= 0.3 is 0 Å². The number of fused-ring (bicyclic) bond motifs is 2. The number of hydrogen-bond acceptors (Lipinski definition) is 7. The van der Waals surface area contributed by atoms with E-state index in [9.17, 15) is 4.79 Å². The van der Waals surface area contributed by atoms with Crippen molar-refractivity contribution in [2.24, 2.45) is 0 Å². The summed E-state index contributed by atoms with van der Waals surface area (Å²) in [6.07, 6.45) is 3.31. The van der Waals surface area contributed by atoms with Crippen molar-refractivity contribution >= 4 is 38.3 Å². The van der Waals surface area contributed by atoms with E-state index in [-0.39, 0.29) is 11.6 Å². The van der Waals surface area contributed by atoms with Crippen molar-refractivity contribution < 1.29 is 0 Å². The van der Waals surface area contributed by atoms with Gasteiger partial charge < -0.3 is 5.32 Å². The summed E-state index contributed by atoms with van der Waals surface area (Å²) in [5.74, 6) is 0.641. The molecule has 1 unspecified atom stereocenters. The topological polar surface area (TPSA) is 85.6 Å². The lowest BCUT2D eigenvalue weighted by atomic mass is 9.98. The number of pyridine rings is 2. The Balaban J connectivity index is 1.58. The molecule has 0 fully saturated rings. The van der Waals surface area contributed by atoms with Crippen LogP contribution in [0.25, 0.3) is 37.9 Å². The third-order valence-electron chi connectivity index (χ3n) is 6.23. The highest BCUT2D eigenvalue weighted by Gasteiger charge is 2.20. The van der Waals surface area contributed by atoms with Crippen molar-refractivity contribution in [1.29, 1.82) is 0 Å². The van der Waals surface area contributed by atoms with Crippen LogP contribution in [-0.4, -0.2) is 24.5 Å². The van der Waals surface area contributed by atoms with Gasteiger partial charge in [-0.25, -0.2) is 15.0 Å². The maximum absolute atomic E-state index is 14.2. The second kappa shape index (κ2) is 8.98. The summed E-state index contributed by atoms with van der Waals surface area (Å²) in [6, 6.07) is 21.5. The van der Waals surface area contributed by atoms with E-state index < -0.39 is 0 Å². The second-order valence-corrected chi connectivity index (χ2v) is 9.43. The summed E-state index contributed by atoms with van der Waals surface area (Å²) in [5.41, 5.74) is 6.79. The Bertz CT molecular complexity index is 1780. The summed E-state index contributed by atoms with van der Waals surface area (Å²) < 4.78 is 1.79. The summed E-state index contributed by atoms with van der Waals surface area (Å²) in [5, 5.41) is 5.02. The van der Waals surface area contributed by atoms with Crippen LogP contribution in [0, 0.1) is 6.92 Å². The number of para-hydroxylation sites is 1. The van der Waals surface area contributed by atoms with Crippen LogP contribution in [0.1, 0.15) is 24.4 Å². The second-order valence-electron chi connectivity index (χ2n) is 8.60. The van der Waals surface area contributed by atoms with Crippen molar-refractivity contribution in [3.05, 3.63) is 107 Å². The maximum Gasteiger partial charge on any atom is 0.263 e. The molecule has 0 aliphatic heterocycles. The highest BCUT2D eigenvalue weighted by Crippen LogP contribution is 2.31. The van der Waals surface area contributed by atoms with Crippen LogP contribution in [-0.2, 0) is 0 Å². The minimum atomic E-state index is -0.242. The number of aryl methyl sites for hydroxylation is 1. The quantitative estimate of drug-likeness (QED) is 0.322. The fraction of sp³-hybridized carbons (Fsp3) is 0.107. The molecule has 0 amide bonds. The van der Waals surface area contributed by atoms with E-state index in [0.717, 1.165) is 43.9 Å². The van der Waals surface area contributed by atoms with E-state index in [1.54, 1.807) is 16.3 Å². The number of hydrogen-bond donors (Lipinski definition) is 1. The standard InChI is InChI=1S/C28H22N6OS/c1-17-13-19(11-12-29-17)22-10-6-7-20-14-23(34(28(35)24(20)22)21-8-4-3-5-9-21)18(2)33-26-25-27(31-15-30-26)36-16-32-25/h3-16,18H,1-2H3,(H,30,31,33). The lowest BCUT2D eigenvalue weighted by Crippen LogP contribution is -2.26. The molecule has 8 heteroatoms. The number of aromatic nitrogens is 5. The molecule has 0 aliphatic rings. The molecule has 36 heavy (non-hydrogen) atoms. The molecule has 0 radical (unpaired) electrons. The van der Waals surface area contributed by atoms with Crippen LogP contribution >= 0.6 is 11.3 Å². The molecule has 7 nitrogen and oxygen atoms in total. The van der Waals surface area contributed by atoms with Crippen molar-refractivity contribution in [1.82, 2.24) is 24.5 Å². The first-order chi connectivity index (χ1) is 17.6. The third kappa shape index (κ3) is 3.81. The van der Waals surface area contributed by atoms with Gasteiger partial charge in [0.1, 0.15) is 16.7 Å². The molecule has 176 valence electrons. The van der Waals surface area contributed by atoms with Crippen LogP contribution < -0.4 is 10.9 Å². The smallest absolute Gasteiger partial charge is 0.263 e. The Labute approximate surface area is 211 Å². The van der Waals surface area contributed by atoms with Gasteiger partial charge in [-0.05, 0) is 60.7 Å². The molecular formula is C28H22N6OS. The van der Waals surface area contributed by atoms with E-state index in [0.29, 0.717) is 11.2 Å². The zero-order chi connectivity index (χ0) is 24.6. The Morgan fingerprint density at radius 2 is 1.81 bits per heavy atom. The van der Waals surface area contributed by atoms with Gasteiger partial charge in [-0.2, -0.15) is 0 Å². The maximum atomic E-state index is 14.2. The van der Waals surface area contributed by atoms with E-state index in [1.165, 1.54) is 17.7 Å². The summed E-state index contributed by atoms with van der Waals surface area (Å²) >= 11 is 1.47. The van der Waals surface area contributed by atoms with Crippen LogP contribution in [0.15, 0.2) is 89.6 Å². The normalized spacial score (nSPS) is 12.2. The van der Waals surface area contributed by atoms with Gasteiger partial charge in [-0.3, -0.25) is 14.3 Å². The molecular weight excluding hydrogens is 468 g/mol. The van der Waals surface area contributed by atoms with E-state index in [4.69, 9.17) is 0 Å². The largest absolute Gasteiger partial charge is 0.360 e. The molecule has 0 bridgehead atoms. The van der Waals surface area contributed by atoms with Gasteiger partial charge in [0.2, 0.25) is 0 Å². The highest BCUT2D eigenvalue weighted by molar-refractivity contribution is 7.16. The van der Waals surface area contributed by atoms with Gasteiger partial charge in [-0.15, -0.1) is 11.3 Å². The van der Waals surface area contributed by atoms with Crippen LogP contribution in [0.2, 0.25) is 0 Å². The predicted octanol–water partition coefficient (Wildman–Crippen LogP) is 5.93. The summed E-state index contributed by atoms with van der Waals surface area (Å²) in [4.78, 5) is 32.5. The first kappa shape index (κ1) is 22.1. The lowest BCUT2D eigenvalue weighted by Gasteiger charge is -2.22. The monoisotopic (exact) mass is 490 g/mol. The third-order valence-corrected chi connectivity index (χ3v) is 6.96. The van der Waals surface area contributed by atoms with Gasteiger partial charge in [0, 0.05) is 23.3 Å². The molecule has 4 aromatic heterocycles. The van der Waals surface area contributed by atoms with Gasteiger partial charge in [0.05, 0.1) is 16.9 Å². The summed E-state index contributed by atoms with van der Waals surface area (Å²) in [7, 11) is 0. The Morgan fingerprint density at radius 1 is 0.944 bits per heavy atom. The minimum absolute atomic E-state index is 0.0751. The van der Waals surface area contributed by atoms with Crippen LogP contribution in [0.3, 0.4) is 0 Å². The van der Waals surface area contributed by atoms with Crippen molar-refractivity contribution in [2.45, 2.75) is 19.9 Å². The van der Waals surface area contributed by atoms with E-state index >= 15 is 0 Å². The molecule has 2 aromatic carbocycles. The van der Waals surface area contributed by atoms with Gasteiger partial charge in [0.15, 0.2) is 5.82 Å². The number of rotatable bonds is 5. The number of benzene rings is 2. The van der Waals surface area contributed by atoms with Crippen LogP contribution in [0.4, 0.5) is 5.82 Å². The molecule has 0 saturated heterocycles. The average Bonchev–Trinajstić information content (AvgIpc) is 3.39. The molecule has 1 atom stereocenters. The van der Waals surface area contributed by atoms with Crippen molar-refractivity contribution in [3.8, 4) is 16.8 Å². The van der Waals surface area contributed by atoms with Crippen LogP contribution in [0.5, 0.6) is 0 Å². The first-order valence-electron chi connectivity index (χ1n) is 11.6. The molecule has 0 aliphatic carbocycles. The predicted molar refractivity (Wildman–Crippen MR) is 145 cm³/mol. The first-order valence-corrected chi connectivity index (χ1v) is 12.5. The van der Waals surface area contributed by atoms with Crippen molar-refractivity contribution in [3.63, 3.8) is 0 Å². The molecule has 6 aromatic rings. The number of nitrogens with zero attached hydrogens (tertiary/aromatic N) is 5. The molecule has 0 saturated carbocycles. The van der Waals surface area contributed by atoms with E-state index in [1.807, 2.05) is 74.5 Å². The van der Waals surface area contributed by atoms with E-state index in [2.05, 4.69) is 31.3 Å². The zero-order valence-electron chi connectivity index (χ0n) is 19.7. The number of anilines is 1. The fourth-order valence-electron chi connectivity index (χ4n) is 4.58. The highest BCUT2D eigenvalue weighted by atomic mass is 32.1. The molecule has 1 N–H and O–H groups in total.